The zero-order chi connectivity index (χ0) is 28.1. The first kappa shape index (κ1) is 27.8. The summed E-state index contributed by atoms with van der Waals surface area (Å²) >= 11 is 3.31. The van der Waals surface area contributed by atoms with Crippen molar-refractivity contribution in [2.75, 3.05) is 29.1 Å². The predicted octanol–water partition coefficient (Wildman–Crippen LogP) is 8.16. The fourth-order valence-corrected chi connectivity index (χ4v) is 6.11. The molecule has 1 amide bonds. The Hall–Kier alpha value is -3.76. The van der Waals surface area contributed by atoms with Crippen molar-refractivity contribution in [2.24, 2.45) is 0 Å². The molecule has 0 atom stereocenters. The molecular formula is C30H25F3N2O3S2. The Labute approximate surface area is 238 Å². The minimum atomic E-state index is -4.73. The van der Waals surface area contributed by atoms with Gasteiger partial charge in [-0.25, -0.2) is 0 Å². The summed E-state index contributed by atoms with van der Waals surface area (Å²) in [7, 11) is 1.25. The molecule has 2 aliphatic heterocycles. The van der Waals surface area contributed by atoms with Gasteiger partial charge in [0.15, 0.2) is 11.5 Å². The summed E-state index contributed by atoms with van der Waals surface area (Å²) in [6.45, 7) is -0.0658. The summed E-state index contributed by atoms with van der Waals surface area (Å²) in [5, 5.41) is 3.26. The molecule has 0 unspecified atom stereocenters. The lowest BCUT2D eigenvalue weighted by molar-refractivity contribution is -0.139. The molecule has 4 aromatic rings. The minimum Gasteiger partial charge on any atom is -0.493 e. The molecule has 4 aromatic carbocycles. The molecule has 0 spiro atoms. The second-order valence-corrected chi connectivity index (χ2v) is 10.8. The average Bonchev–Trinajstić information content (AvgIpc) is 3.63. The van der Waals surface area contributed by atoms with E-state index < -0.39 is 23.4 Å². The zero-order valence-corrected chi connectivity index (χ0v) is 23.0. The number of nitrogens with zero attached hydrogens (tertiary/aromatic N) is 1. The lowest BCUT2D eigenvalue weighted by Gasteiger charge is -2.21. The molecule has 0 saturated carbocycles. The van der Waals surface area contributed by atoms with Crippen LogP contribution < -0.4 is 19.7 Å². The Morgan fingerprint density at radius 2 is 1.62 bits per heavy atom. The minimum absolute atomic E-state index is 0.0658. The van der Waals surface area contributed by atoms with E-state index in [2.05, 4.69) is 29.6 Å². The van der Waals surface area contributed by atoms with E-state index in [1.165, 1.54) is 40.4 Å². The van der Waals surface area contributed by atoms with Crippen LogP contribution in [-0.2, 0) is 12.8 Å². The van der Waals surface area contributed by atoms with Crippen LogP contribution in [0.25, 0.3) is 0 Å². The van der Waals surface area contributed by atoms with Gasteiger partial charge in [0, 0.05) is 21.0 Å². The fraction of sp³-hybridized carbons (Fsp3) is 0.167. The van der Waals surface area contributed by atoms with Crippen molar-refractivity contribution in [1.82, 2.24) is 0 Å². The van der Waals surface area contributed by atoms with Crippen LogP contribution in [-0.4, -0.2) is 24.8 Å². The third-order valence-electron chi connectivity index (χ3n) is 6.18. The van der Waals surface area contributed by atoms with Crippen LogP contribution in [0.3, 0.4) is 0 Å². The maximum absolute atomic E-state index is 13.9. The number of amides is 1. The van der Waals surface area contributed by atoms with Crippen LogP contribution in [0.15, 0.2) is 101 Å². The lowest BCUT2D eigenvalue weighted by atomic mass is 10.1. The molecule has 0 bridgehead atoms. The molecule has 40 heavy (non-hydrogen) atoms. The van der Waals surface area contributed by atoms with Gasteiger partial charge in [-0.1, -0.05) is 54.6 Å². The number of carbonyl (C=O) groups is 1. The van der Waals surface area contributed by atoms with Crippen molar-refractivity contribution in [3.05, 3.63) is 108 Å². The van der Waals surface area contributed by atoms with E-state index in [1.54, 1.807) is 42.5 Å². The fourth-order valence-electron chi connectivity index (χ4n) is 4.23. The average molecular weight is 583 g/mol. The molecule has 5 nitrogen and oxygen atoms in total. The summed E-state index contributed by atoms with van der Waals surface area (Å²) in [6.07, 6.45) is -4.73. The van der Waals surface area contributed by atoms with Crippen molar-refractivity contribution in [3.63, 3.8) is 0 Å². The maximum Gasteiger partial charge on any atom is 0.420 e. The van der Waals surface area contributed by atoms with Crippen LogP contribution >= 0.6 is 23.5 Å². The number of para-hydroxylation sites is 2. The van der Waals surface area contributed by atoms with Crippen LogP contribution in [0, 0.1) is 0 Å². The first-order valence-corrected chi connectivity index (χ1v) is 14.3. The Bertz CT molecular complexity index is 1480. The van der Waals surface area contributed by atoms with Gasteiger partial charge in [0.05, 0.1) is 24.6 Å². The summed E-state index contributed by atoms with van der Waals surface area (Å²) in [5.41, 5.74) is 1.50. The number of fused-ring (bicyclic) bond motifs is 2. The third-order valence-corrected chi connectivity index (χ3v) is 8.18. The number of rotatable bonds is 5. The van der Waals surface area contributed by atoms with Gasteiger partial charge >= 0.3 is 6.18 Å². The molecule has 2 aliphatic rings. The highest BCUT2D eigenvalue weighted by Gasteiger charge is 2.38. The summed E-state index contributed by atoms with van der Waals surface area (Å²) in [6, 6.07) is 26.6. The number of methoxy groups -OCH3 is 1. The van der Waals surface area contributed by atoms with Crippen molar-refractivity contribution in [1.29, 1.82) is 0 Å². The van der Waals surface area contributed by atoms with E-state index in [-0.39, 0.29) is 17.9 Å². The Morgan fingerprint density at radius 1 is 0.925 bits per heavy atom. The highest BCUT2D eigenvalue weighted by atomic mass is 32.2. The number of ether oxygens (including phenoxy) is 2. The van der Waals surface area contributed by atoms with E-state index in [4.69, 9.17) is 9.47 Å². The number of thioether (sulfide) groups is 2. The van der Waals surface area contributed by atoms with Crippen LogP contribution in [0.1, 0.15) is 21.5 Å². The van der Waals surface area contributed by atoms with Gasteiger partial charge in [-0.05, 0) is 42.0 Å². The first-order chi connectivity index (χ1) is 19.3. The number of anilines is 2. The molecule has 2 heterocycles. The molecule has 0 fully saturated rings. The van der Waals surface area contributed by atoms with E-state index in [1.807, 2.05) is 23.9 Å². The second kappa shape index (κ2) is 12.2. The molecule has 1 N–H and O–H groups in total. The van der Waals surface area contributed by atoms with E-state index >= 15 is 0 Å². The third kappa shape index (κ3) is 6.18. The smallest absolute Gasteiger partial charge is 0.420 e. The summed E-state index contributed by atoms with van der Waals surface area (Å²) < 4.78 is 52.4. The number of hydrogen-bond acceptors (Lipinski definition) is 6. The molecule has 0 aliphatic carbocycles. The van der Waals surface area contributed by atoms with Crippen LogP contribution in [0.4, 0.5) is 24.5 Å². The van der Waals surface area contributed by atoms with E-state index in [9.17, 15) is 18.0 Å². The Balaban J connectivity index is 0.000000301. The normalized spacial score (nSPS) is 13.4. The molecule has 206 valence electrons. The van der Waals surface area contributed by atoms with Gasteiger partial charge in [0.2, 0.25) is 0 Å². The van der Waals surface area contributed by atoms with Crippen molar-refractivity contribution >= 4 is 40.8 Å². The number of nitrogens with one attached hydrogen (secondary N) is 1. The number of halogens is 3. The zero-order valence-electron chi connectivity index (χ0n) is 21.4. The highest BCUT2D eigenvalue weighted by Crippen LogP contribution is 2.44. The Kier molecular flexibility index (Phi) is 8.46. The van der Waals surface area contributed by atoms with Crippen LogP contribution in [0.5, 0.6) is 11.5 Å². The summed E-state index contributed by atoms with van der Waals surface area (Å²) in [4.78, 5) is 16.8. The molecular weight excluding hydrogens is 557 g/mol. The van der Waals surface area contributed by atoms with E-state index in [0.29, 0.717) is 17.1 Å². The first-order valence-electron chi connectivity index (χ1n) is 12.3. The molecule has 0 saturated heterocycles. The monoisotopic (exact) mass is 582 g/mol. The lowest BCUT2D eigenvalue weighted by Crippen LogP contribution is -2.28. The second-order valence-electron chi connectivity index (χ2n) is 8.76. The molecule has 0 aromatic heterocycles. The molecule has 0 radical (unpaired) electrons. The quantitative estimate of drug-likeness (QED) is 0.256. The van der Waals surface area contributed by atoms with E-state index in [0.717, 1.165) is 16.8 Å². The van der Waals surface area contributed by atoms with Crippen molar-refractivity contribution < 1.29 is 27.4 Å². The standard InChI is InChI=1S/C23H18F3NO3S.C7H7NS/c1-29-19-12-16(22(28)27-14-31-20-10-6-5-9-18(20)27)11-17(23(24,25)26)21(19)30-13-15-7-3-2-4-8-15;1-2-4-7-6(3-1)8-5-9-7/h2-12H,13-14H2,1H3;1-4,8H,5H2. The number of hydrogen-bond donors (Lipinski definition) is 1. The van der Waals surface area contributed by atoms with Gasteiger partial charge in [0.1, 0.15) is 12.2 Å². The molecule has 10 heteroatoms. The maximum atomic E-state index is 13.9. The van der Waals surface area contributed by atoms with Gasteiger partial charge in [-0.15, -0.1) is 23.5 Å². The van der Waals surface area contributed by atoms with Gasteiger partial charge in [-0.3, -0.25) is 9.69 Å². The number of carbonyl (C=O) groups excluding carboxylic acids is 1. The Morgan fingerprint density at radius 3 is 2.35 bits per heavy atom. The SMILES string of the molecule is COc1cc(C(=O)N2CSc3ccccc32)cc(C(F)(F)F)c1OCc1ccccc1.c1ccc2c(c1)NCS2. The topological polar surface area (TPSA) is 50.8 Å². The van der Waals surface area contributed by atoms with Gasteiger partial charge in [-0.2, -0.15) is 13.2 Å². The predicted molar refractivity (Wildman–Crippen MR) is 154 cm³/mol. The van der Waals surface area contributed by atoms with Crippen molar-refractivity contribution in [3.8, 4) is 11.5 Å². The number of benzene rings is 4. The van der Waals surface area contributed by atoms with Gasteiger partial charge < -0.3 is 14.8 Å². The van der Waals surface area contributed by atoms with Gasteiger partial charge in [0.25, 0.3) is 5.91 Å². The van der Waals surface area contributed by atoms with Crippen LogP contribution in [0.2, 0.25) is 0 Å². The summed E-state index contributed by atoms with van der Waals surface area (Å²) in [5.74, 6) is 0.240. The molecule has 6 rings (SSSR count). The largest absolute Gasteiger partial charge is 0.493 e. The van der Waals surface area contributed by atoms with Crippen molar-refractivity contribution in [2.45, 2.75) is 22.6 Å². The highest BCUT2D eigenvalue weighted by molar-refractivity contribution is 8.00. The number of alkyl halides is 3.